The average Bonchev–Trinajstić information content (AvgIpc) is 2.88. The normalized spacial score (nSPS) is 13.4. The zero-order valence-corrected chi connectivity index (χ0v) is 23.7. The van der Waals surface area contributed by atoms with Crippen molar-refractivity contribution in [1.82, 2.24) is 4.90 Å². The van der Waals surface area contributed by atoms with Crippen molar-refractivity contribution in [3.63, 3.8) is 0 Å². The van der Waals surface area contributed by atoms with Crippen molar-refractivity contribution in [2.24, 2.45) is 5.92 Å². The second kappa shape index (κ2) is 19.5. The number of benzene rings is 2. The molecule has 202 valence electrons. The highest BCUT2D eigenvalue weighted by atomic mass is 16.3. The third-order valence-corrected chi connectivity index (χ3v) is 7.56. The lowest BCUT2D eigenvalue weighted by atomic mass is 9.92. The second-order valence-corrected chi connectivity index (χ2v) is 11.2. The van der Waals surface area contributed by atoms with Gasteiger partial charge in [0.25, 0.3) is 0 Å². The van der Waals surface area contributed by atoms with E-state index in [1.807, 2.05) is 0 Å². The van der Waals surface area contributed by atoms with Gasteiger partial charge in [-0.15, -0.1) is 0 Å². The van der Waals surface area contributed by atoms with Gasteiger partial charge in [0.2, 0.25) is 0 Å². The van der Waals surface area contributed by atoms with Gasteiger partial charge in [0, 0.05) is 19.1 Å². The number of rotatable bonds is 21. The zero-order valence-electron chi connectivity index (χ0n) is 23.7. The van der Waals surface area contributed by atoms with E-state index in [9.17, 15) is 5.11 Å². The summed E-state index contributed by atoms with van der Waals surface area (Å²) >= 11 is 0. The van der Waals surface area contributed by atoms with E-state index in [2.05, 4.69) is 86.3 Å². The molecule has 2 unspecified atom stereocenters. The summed E-state index contributed by atoms with van der Waals surface area (Å²) in [5.74, 6) is 0.398. The number of nitrogens with zero attached hydrogens (tertiary/aromatic N) is 1. The Morgan fingerprint density at radius 1 is 0.583 bits per heavy atom. The van der Waals surface area contributed by atoms with Crippen LogP contribution >= 0.6 is 0 Å². The van der Waals surface area contributed by atoms with Crippen LogP contribution in [0.15, 0.2) is 60.7 Å². The molecule has 2 aromatic rings. The minimum absolute atomic E-state index is 0.155. The number of aliphatic hydroxyl groups is 1. The van der Waals surface area contributed by atoms with Crippen LogP contribution < -0.4 is 0 Å². The molecular formula is C34H55NO. The van der Waals surface area contributed by atoms with Gasteiger partial charge in [0.15, 0.2) is 0 Å². The van der Waals surface area contributed by atoms with Crippen LogP contribution in [0.1, 0.15) is 122 Å². The predicted molar refractivity (Wildman–Crippen MR) is 157 cm³/mol. The van der Waals surface area contributed by atoms with Gasteiger partial charge in [-0.2, -0.15) is 0 Å². The summed E-state index contributed by atoms with van der Waals surface area (Å²) in [7, 11) is 0. The third kappa shape index (κ3) is 13.1. The van der Waals surface area contributed by atoms with Crippen LogP contribution in [0, 0.1) is 5.92 Å². The fourth-order valence-corrected chi connectivity index (χ4v) is 5.55. The molecule has 0 heterocycles. The molecule has 2 heteroatoms. The topological polar surface area (TPSA) is 23.5 Å². The van der Waals surface area contributed by atoms with Crippen molar-refractivity contribution in [2.45, 2.75) is 136 Å². The van der Waals surface area contributed by atoms with Crippen LogP contribution in [-0.4, -0.2) is 22.2 Å². The molecule has 2 aromatic carbocycles. The van der Waals surface area contributed by atoms with E-state index in [-0.39, 0.29) is 12.1 Å². The van der Waals surface area contributed by atoms with Gasteiger partial charge >= 0.3 is 0 Å². The van der Waals surface area contributed by atoms with Crippen molar-refractivity contribution < 1.29 is 5.11 Å². The Hall–Kier alpha value is -1.64. The summed E-state index contributed by atoms with van der Waals surface area (Å²) in [6, 6.07) is 21.6. The van der Waals surface area contributed by atoms with E-state index in [0.29, 0.717) is 5.92 Å². The largest absolute Gasteiger partial charge is 0.391 e. The minimum Gasteiger partial charge on any atom is -0.391 e. The van der Waals surface area contributed by atoms with Gasteiger partial charge in [-0.05, 0) is 23.5 Å². The Kier molecular flexibility index (Phi) is 16.5. The summed E-state index contributed by atoms with van der Waals surface area (Å²) in [4.78, 5) is 2.50. The quantitative estimate of drug-likeness (QED) is 0.175. The molecule has 0 spiro atoms. The molecular weight excluding hydrogens is 438 g/mol. The Morgan fingerprint density at radius 3 is 1.36 bits per heavy atom. The van der Waals surface area contributed by atoms with Crippen LogP contribution in [0.2, 0.25) is 0 Å². The molecule has 0 amide bonds. The van der Waals surface area contributed by atoms with E-state index < -0.39 is 0 Å². The smallest absolute Gasteiger partial charge is 0.0698 e. The molecule has 2 atom stereocenters. The highest BCUT2D eigenvalue weighted by Gasteiger charge is 2.29. The minimum atomic E-state index is -0.287. The first-order valence-corrected chi connectivity index (χ1v) is 15.1. The number of hydrogen-bond acceptors (Lipinski definition) is 2. The SMILES string of the molecule is CCCCCCCCCCCCCCCC(O)C(C(C)C)N(Cc1ccccc1)Cc1ccccc1. The molecule has 1 N–H and O–H groups in total. The molecule has 0 bridgehead atoms. The van der Waals surface area contributed by atoms with Crippen LogP contribution in [0.4, 0.5) is 0 Å². The van der Waals surface area contributed by atoms with E-state index in [4.69, 9.17) is 0 Å². The van der Waals surface area contributed by atoms with Crippen LogP contribution in [-0.2, 0) is 13.1 Å². The standard InChI is InChI=1S/C34H55NO/c1-4-5-6-7-8-9-10-11-12-13-14-15-22-27-33(36)34(30(2)3)35(28-31-23-18-16-19-24-31)29-32-25-20-17-21-26-32/h16-21,23-26,30,33-34,36H,4-15,22,27-29H2,1-3H3. The summed E-state index contributed by atoms with van der Waals surface area (Å²) in [5, 5.41) is 11.3. The fraction of sp³-hybridized carbons (Fsp3) is 0.647. The molecule has 0 fully saturated rings. The first-order valence-electron chi connectivity index (χ1n) is 15.1. The van der Waals surface area contributed by atoms with Crippen LogP contribution in [0.3, 0.4) is 0 Å². The lowest BCUT2D eigenvalue weighted by Crippen LogP contribution is -2.46. The van der Waals surface area contributed by atoms with Crippen molar-refractivity contribution in [3.05, 3.63) is 71.8 Å². The van der Waals surface area contributed by atoms with Crippen LogP contribution in [0.25, 0.3) is 0 Å². The average molecular weight is 494 g/mol. The number of unbranched alkanes of at least 4 members (excludes halogenated alkanes) is 12. The molecule has 0 aromatic heterocycles. The lowest BCUT2D eigenvalue weighted by molar-refractivity contribution is 0.00841. The van der Waals surface area contributed by atoms with Gasteiger partial charge < -0.3 is 5.11 Å². The van der Waals surface area contributed by atoms with Gasteiger partial charge in [0.05, 0.1) is 6.10 Å². The summed E-state index contributed by atoms with van der Waals surface area (Å²) in [6.07, 6.45) is 18.3. The van der Waals surface area contributed by atoms with Crippen LogP contribution in [0.5, 0.6) is 0 Å². The fourth-order valence-electron chi connectivity index (χ4n) is 5.55. The van der Waals surface area contributed by atoms with Crippen molar-refractivity contribution >= 4 is 0 Å². The van der Waals surface area contributed by atoms with E-state index >= 15 is 0 Å². The molecule has 2 rings (SSSR count). The van der Waals surface area contributed by atoms with E-state index in [1.165, 1.54) is 88.2 Å². The molecule has 0 saturated heterocycles. The summed E-state index contributed by atoms with van der Waals surface area (Å²) in [5.41, 5.74) is 2.62. The van der Waals surface area contributed by atoms with Gasteiger partial charge in [-0.3, -0.25) is 4.90 Å². The van der Waals surface area contributed by atoms with Gasteiger partial charge in [-0.25, -0.2) is 0 Å². The Labute approximate surface area is 223 Å². The molecule has 0 aliphatic heterocycles. The second-order valence-electron chi connectivity index (χ2n) is 11.2. The Morgan fingerprint density at radius 2 is 0.972 bits per heavy atom. The lowest BCUT2D eigenvalue weighted by Gasteiger charge is -2.38. The first kappa shape index (κ1) is 30.6. The number of aliphatic hydroxyl groups excluding tert-OH is 1. The number of hydrogen-bond donors (Lipinski definition) is 1. The molecule has 0 saturated carbocycles. The molecule has 0 aliphatic rings. The molecule has 2 nitrogen and oxygen atoms in total. The third-order valence-electron chi connectivity index (χ3n) is 7.56. The maximum Gasteiger partial charge on any atom is 0.0698 e. The monoisotopic (exact) mass is 493 g/mol. The van der Waals surface area contributed by atoms with E-state index in [0.717, 1.165) is 25.9 Å². The molecule has 36 heavy (non-hydrogen) atoms. The highest BCUT2D eigenvalue weighted by Crippen LogP contribution is 2.24. The van der Waals surface area contributed by atoms with E-state index in [1.54, 1.807) is 0 Å². The highest BCUT2D eigenvalue weighted by molar-refractivity contribution is 5.17. The van der Waals surface area contributed by atoms with Crippen molar-refractivity contribution in [3.8, 4) is 0 Å². The molecule has 0 radical (unpaired) electrons. The Bertz CT molecular complexity index is 703. The molecule has 0 aliphatic carbocycles. The van der Waals surface area contributed by atoms with Gasteiger partial charge in [0.1, 0.15) is 0 Å². The summed E-state index contributed by atoms with van der Waals surface area (Å²) in [6.45, 7) is 8.56. The predicted octanol–water partition coefficient (Wildman–Crippen LogP) is 9.56. The zero-order chi connectivity index (χ0) is 25.8. The van der Waals surface area contributed by atoms with Gasteiger partial charge in [-0.1, -0.05) is 165 Å². The maximum atomic E-state index is 11.3. The van der Waals surface area contributed by atoms with Crippen molar-refractivity contribution in [2.75, 3.05) is 0 Å². The maximum absolute atomic E-state index is 11.3. The summed E-state index contributed by atoms with van der Waals surface area (Å²) < 4.78 is 0. The van der Waals surface area contributed by atoms with Crippen molar-refractivity contribution in [1.29, 1.82) is 0 Å². The first-order chi connectivity index (χ1) is 17.6. The Balaban J connectivity index is 1.74.